The van der Waals surface area contributed by atoms with E-state index in [0.29, 0.717) is 0 Å². The van der Waals surface area contributed by atoms with Crippen molar-refractivity contribution in [3.05, 3.63) is 69.7 Å². The Bertz CT molecular complexity index is 665. The molecule has 0 fully saturated rings. The predicted molar refractivity (Wildman–Crippen MR) is 92.8 cm³/mol. The van der Waals surface area contributed by atoms with Crippen LogP contribution in [0.3, 0.4) is 0 Å². The SMILES string of the molecule is C[C@H](NC(=O)[C@H]1CCCc2ccccc21)c1ccc(Br)cc1. The van der Waals surface area contributed by atoms with Gasteiger partial charge in [0.05, 0.1) is 12.0 Å². The van der Waals surface area contributed by atoms with Crippen LogP contribution in [0.15, 0.2) is 53.0 Å². The van der Waals surface area contributed by atoms with Crippen LogP contribution in [0.2, 0.25) is 0 Å². The fourth-order valence-electron chi connectivity index (χ4n) is 3.18. The van der Waals surface area contributed by atoms with Crippen molar-refractivity contribution in [2.45, 2.75) is 38.1 Å². The van der Waals surface area contributed by atoms with Gasteiger partial charge in [-0.2, -0.15) is 0 Å². The summed E-state index contributed by atoms with van der Waals surface area (Å²) in [5, 5.41) is 3.17. The molecule has 3 heteroatoms. The summed E-state index contributed by atoms with van der Waals surface area (Å²) in [6, 6.07) is 16.5. The number of rotatable bonds is 3. The van der Waals surface area contributed by atoms with Gasteiger partial charge in [-0.05, 0) is 55.0 Å². The van der Waals surface area contributed by atoms with Gasteiger partial charge < -0.3 is 5.32 Å². The number of hydrogen-bond donors (Lipinski definition) is 1. The number of carbonyl (C=O) groups excluding carboxylic acids is 1. The van der Waals surface area contributed by atoms with Crippen LogP contribution >= 0.6 is 15.9 Å². The Hall–Kier alpha value is -1.61. The second kappa shape index (κ2) is 6.66. The Morgan fingerprint density at radius 1 is 1.18 bits per heavy atom. The summed E-state index contributed by atoms with van der Waals surface area (Å²) in [6.45, 7) is 2.04. The maximum Gasteiger partial charge on any atom is 0.228 e. The number of halogens is 1. The zero-order valence-electron chi connectivity index (χ0n) is 12.7. The summed E-state index contributed by atoms with van der Waals surface area (Å²) in [6.07, 6.45) is 3.11. The van der Waals surface area contributed by atoms with Gasteiger partial charge in [-0.3, -0.25) is 4.79 Å². The molecule has 2 aromatic carbocycles. The third kappa shape index (κ3) is 3.25. The standard InChI is InChI=1S/C19H20BrNO/c1-13(14-9-11-16(20)12-10-14)21-19(22)18-8-4-6-15-5-2-3-7-17(15)18/h2-3,5,7,9-13,18H,4,6,8H2,1H3,(H,21,22)/t13-,18-/m0/s1. The highest BCUT2D eigenvalue weighted by Gasteiger charge is 2.27. The fourth-order valence-corrected chi connectivity index (χ4v) is 3.44. The van der Waals surface area contributed by atoms with E-state index in [2.05, 4.69) is 39.4 Å². The Morgan fingerprint density at radius 2 is 1.91 bits per heavy atom. The van der Waals surface area contributed by atoms with E-state index < -0.39 is 0 Å². The van der Waals surface area contributed by atoms with Crippen LogP contribution in [0.5, 0.6) is 0 Å². The minimum absolute atomic E-state index is 0.0113. The number of amides is 1. The Balaban J connectivity index is 1.74. The molecule has 3 rings (SSSR count). The molecule has 2 aromatic rings. The number of nitrogens with one attached hydrogen (secondary N) is 1. The Labute approximate surface area is 140 Å². The molecule has 0 aromatic heterocycles. The van der Waals surface area contributed by atoms with E-state index in [4.69, 9.17) is 0 Å². The fraction of sp³-hybridized carbons (Fsp3) is 0.316. The molecule has 0 saturated carbocycles. The first-order chi connectivity index (χ1) is 10.6. The number of aryl methyl sites for hydroxylation is 1. The molecular weight excluding hydrogens is 338 g/mol. The van der Waals surface area contributed by atoms with Crippen LogP contribution in [0.1, 0.15) is 48.4 Å². The molecule has 22 heavy (non-hydrogen) atoms. The quantitative estimate of drug-likeness (QED) is 0.843. The predicted octanol–water partition coefficient (Wildman–Crippen LogP) is 4.75. The van der Waals surface area contributed by atoms with Crippen molar-refractivity contribution in [3.8, 4) is 0 Å². The normalized spacial score (nSPS) is 18.4. The lowest BCUT2D eigenvalue weighted by molar-refractivity contribution is -0.123. The first-order valence-electron chi connectivity index (χ1n) is 7.79. The maximum absolute atomic E-state index is 12.7. The van der Waals surface area contributed by atoms with Crippen LogP contribution in [0, 0.1) is 0 Å². The van der Waals surface area contributed by atoms with Crippen molar-refractivity contribution in [3.63, 3.8) is 0 Å². The molecule has 0 spiro atoms. The zero-order valence-corrected chi connectivity index (χ0v) is 14.3. The third-order valence-electron chi connectivity index (χ3n) is 4.41. The van der Waals surface area contributed by atoms with Gasteiger partial charge in [-0.15, -0.1) is 0 Å². The molecule has 1 amide bonds. The van der Waals surface area contributed by atoms with Crippen LogP contribution in [0.25, 0.3) is 0 Å². The van der Waals surface area contributed by atoms with Crippen molar-refractivity contribution < 1.29 is 4.79 Å². The lowest BCUT2D eigenvalue weighted by Gasteiger charge is -2.26. The summed E-state index contributed by atoms with van der Waals surface area (Å²) in [7, 11) is 0. The van der Waals surface area contributed by atoms with Crippen molar-refractivity contribution in [2.24, 2.45) is 0 Å². The van der Waals surface area contributed by atoms with Gasteiger partial charge >= 0.3 is 0 Å². The smallest absolute Gasteiger partial charge is 0.228 e. The second-order valence-corrected chi connectivity index (χ2v) is 6.84. The minimum Gasteiger partial charge on any atom is -0.349 e. The summed E-state index contributed by atoms with van der Waals surface area (Å²) < 4.78 is 1.05. The van der Waals surface area contributed by atoms with Crippen molar-refractivity contribution in [1.82, 2.24) is 5.32 Å². The highest BCUT2D eigenvalue weighted by atomic mass is 79.9. The molecule has 0 saturated heterocycles. The maximum atomic E-state index is 12.7. The van der Waals surface area contributed by atoms with E-state index >= 15 is 0 Å². The Kier molecular flexibility index (Phi) is 4.63. The van der Waals surface area contributed by atoms with Crippen molar-refractivity contribution >= 4 is 21.8 Å². The lowest BCUT2D eigenvalue weighted by Crippen LogP contribution is -2.33. The Morgan fingerprint density at radius 3 is 2.68 bits per heavy atom. The van der Waals surface area contributed by atoms with E-state index in [-0.39, 0.29) is 17.9 Å². The summed E-state index contributed by atoms with van der Waals surface area (Å²) in [5.74, 6) is 0.130. The van der Waals surface area contributed by atoms with Crippen molar-refractivity contribution in [2.75, 3.05) is 0 Å². The molecule has 1 aliphatic carbocycles. The van der Waals surface area contributed by atoms with E-state index in [1.54, 1.807) is 0 Å². The first-order valence-corrected chi connectivity index (χ1v) is 8.58. The van der Waals surface area contributed by atoms with Gasteiger partial charge in [0.1, 0.15) is 0 Å². The van der Waals surface area contributed by atoms with Gasteiger partial charge in [-0.1, -0.05) is 52.3 Å². The van der Waals surface area contributed by atoms with Gasteiger partial charge in [-0.25, -0.2) is 0 Å². The second-order valence-electron chi connectivity index (χ2n) is 5.93. The highest BCUT2D eigenvalue weighted by Crippen LogP contribution is 2.32. The third-order valence-corrected chi connectivity index (χ3v) is 4.94. The topological polar surface area (TPSA) is 29.1 Å². The van der Waals surface area contributed by atoms with E-state index in [0.717, 1.165) is 29.3 Å². The van der Waals surface area contributed by atoms with Crippen LogP contribution in [0.4, 0.5) is 0 Å². The number of carbonyl (C=O) groups is 1. The molecule has 0 unspecified atom stereocenters. The van der Waals surface area contributed by atoms with Crippen LogP contribution in [-0.2, 0) is 11.2 Å². The summed E-state index contributed by atoms with van der Waals surface area (Å²) in [4.78, 5) is 12.7. The molecule has 114 valence electrons. The molecule has 0 radical (unpaired) electrons. The van der Waals surface area contributed by atoms with Gasteiger partial charge in [0.15, 0.2) is 0 Å². The number of hydrogen-bond acceptors (Lipinski definition) is 1. The first kappa shape index (κ1) is 15.3. The minimum atomic E-state index is -0.0113. The van der Waals surface area contributed by atoms with Gasteiger partial charge in [0, 0.05) is 4.47 Å². The average Bonchev–Trinajstić information content (AvgIpc) is 2.54. The van der Waals surface area contributed by atoms with Crippen molar-refractivity contribution in [1.29, 1.82) is 0 Å². The monoisotopic (exact) mass is 357 g/mol. The molecule has 0 aliphatic heterocycles. The summed E-state index contributed by atoms with van der Waals surface area (Å²) >= 11 is 3.44. The average molecular weight is 358 g/mol. The summed E-state index contributed by atoms with van der Waals surface area (Å²) in [5.41, 5.74) is 3.65. The van der Waals surface area contributed by atoms with Crippen LogP contribution < -0.4 is 5.32 Å². The molecule has 2 atom stereocenters. The molecule has 0 bridgehead atoms. The zero-order chi connectivity index (χ0) is 15.5. The van der Waals surface area contributed by atoms with Gasteiger partial charge in [0.25, 0.3) is 0 Å². The van der Waals surface area contributed by atoms with E-state index in [1.165, 1.54) is 11.1 Å². The lowest BCUT2D eigenvalue weighted by atomic mass is 9.82. The number of fused-ring (bicyclic) bond motifs is 1. The largest absolute Gasteiger partial charge is 0.349 e. The molecule has 1 N–H and O–H groups in total. The van der Waals surface area contributed by atoms with E-state index in [1.807, 2.05) is 37.3 Å². The molecule has 1 aliphatic rings. The molecular formula is C19H20BrNO. The van der Waals surface area contributed by atoms with Crippen LogP contribution in [-0.4, -0.2) is 5.91 Å². The van der Waals surface area contributed by atoms with Gasteiger partial charge in [0.2, 0.25) is 5.91 Å². The van der Waals surface area contributed by atoms with E-state index in [9.17, 15) is 4.79 Å². The molecule has 0 heterocycles. The molecule has 2 nitrogen and oxygen atoms in total. The number of benzene rings is 2. The highest BCUT2D eigenvalue weighted by molar-refractivity contribution is 9.10.